The Morgan fingerprint density at radius 1 is 1.19 bits per heavy atom. The minimum atomic E-state index is -0.355. The molecule has 31 heavy (non-hydrogen) atoms. The van der Waals surface area contributed by atoms with Gasteiger partial charge in [0.2, 0.25) is 5.78 Å². The Bertz CT molecular complexity index is 1380. The maximum Gasteiger partial charge on any atom is 0.266 e. The van der Waals surface area contributed by atoms with Gasteiger partial charge in [0.15, 0.2) is 0 Å². The van der Waals surface area contributed by atoms with Gasteiger partial charge in [-0.3, -0.25) is 9.20 Å². The van der Waals surface area contributed by atoms with Gasteiger partial charge >= 0.3 is 0 Å². The second kappa shape index (κ2) is 7.90. The standard InChI is InChI=1S/C23H17FN4O2S/c1-30-13-16-20-17(24)4-2-5-19(20)31-21(16)22(29)26-15-8-6-14(7-9-15)18-12-28-11-3-10-25-23(28)27-18/h2-12H,13H2,1H3,(H,26,29). The molecule has 6 nitrogen and oxygen atoms in total. The summed E-state index contributed by atoms with van der Waals surface area (Å²) in [6.45, 7) is 0.157. The lowest BCUT2D eigenvalue weighted by atomic mass is 10.1. The third-order valence-corrected chi connectivity index (χ3v) is 6.13. The highest BCUT2D eigenvalue weighted by Crippen LogP contribution is 2.34. The Morgan fingerprint density at radius 2 is 2.03 bits per heavy atom. The van der Waals surface area contributed by atoms with Crippen LogP contribution in [0.4, 0.5) is 10.1 Å². The quantitative estimate of drug-likeness (QED) is 0.417. The van der Waals surface area contributed by atoms with Crippen LogP contribution in [0.15, 0.2) is 67.1 Å². The van der Waals surface area contributed by atoms with Crippen LogP contribution in [0.3, 0.4) is 0 Å². The van der Waals surface area contributed by atoms with E-state index in [1.165, 1.54) is 24.5 Å². The number of hydrogen-bond acceptors (Lipinski definition) is 5. The third kappa shape index (κ3) is 3.56. The molecule has 0 bridgehead atoms. The van der Waals surface area contributed by atoms with Crippen molar-refractivity contribution in [3.8, 4) is 11.3 Å². The van der Waals surface area contributed by atoms with E-state index in [9.17, 15) is 9.18 Å². The summed E-state index contributed by atoms with van der Waals surface area (Å²) < 4.78 is 22.2. The van der Waals surface area contributed by atoms with E-state index in [2.05, 4.69) is 15.3 Å². The van der Waals surface area contributed by atoms with Gasteiger partial charge in [-0.2, -0.15) is 0 Å². The van der Waals surface area contributed by atoms with E-state index in [-0.39, 0.29) is 18.3 Å². The molecular weight excluding hydrogens is 415 g/mol. The van der Waals surface area contributed by atoms with Crippen molar-refractivity contribution in [1.82, 2.24) is 14.4 Å². The topological polar surface area (TPSA) is 68.5 Å². The number of amides is 1. The van der Waals surface area contributed by atoms with E-state index >= 15 is 0 Å². The minimum Gasteiger partial charge on any atom is -0.380 e. The number of carbonyl (C=O) groups is 1. The molecule has 0 aliphatic carbocycles. The number of benzene rings is 2. The number of nitrogens with zero attached hydrogens (tertiary/aromatic N) is 3. The number of hydrogen-bond donors (Lipinski definition) is 1. The maximum absolute atomic E-state index is 14.4. The van der Waals surface area contributed by atoms with Gasteiger partial charge in [0.05, 0.1) is 17.2 Å². The van der Waals surface area contributed by atoms with Crippen molar-refractivity contribution in [2.45, 2.75) is 6.61 Å². The predicted octanol–water partition coefficient (Wildman–Crippen LogP) is 5.15. The van der Waals surface area contributed by atoms with Crippen molar-refractivity contribution in [2.75, 3.05) is 12.4 Å². The predicted molar refractivity (Wildman–Crippen MR) is 119 cm³/mol. The van der Waals surface area contributed by atoms with E-state index in [0.29, 0.717) is 32.0 Å². The van der Waals surface area contributed by atoms with E-state index in [1.807, 2.05) is 47.1 Å². The molecule has 0 spiro atoms. The number of carbonyl (C=O) groups excluding carboxylic acids is 1. The van der Waals surface area contributed by atoms with Crippen molar-refractivity contribution in [3.05, 3.63) is 83.4 Å². The van der Waals surface area contributed by atoms with Gasteiger partial charge in [0.25, 0.3) is 5.91 Å². The van der Waals surface area contributed by atoms with E-state index < -0.39 is 0 Å². The highest BCUT2D eigenvalue weighted by molar-refractivity contribution is 7.21. The molecule has 0 radical (unpaired) electrons. The molecule has 3 aromatic heterocycles. The van der Waals surface area contributed by atoms with Crippen LogP contribution in [0.5, 0.6) is 0 Å². The lowest BCUT2D eigenvalue weighted by molar-refractivity contribution is 0.102. The number of halogens is 1. The van der Waals surface area contributed by atoms with Crippen LogP contribution >= 0.6 is 11.3 Å². The zero-order chi connectivity index (χ0) is 21.4. The molecule has 3 heterocycles. The highest BCUT2D eigenvalue weighted by atomic mass is 32.1. The van der Waals surface area contributed by atoms with Gasteiger partial charge in [-0.25, -0.2) is 14.4 Å². The first kappa shape index (κ1) is 19.3. The fourth-order valence-electron chi connectivity index (χ4n) is 3.51. The fourth-order valence-corrected chi connectivity index (χ4v) is 4.63. The Labute approximate surface area is 181 Å². The molecule has 154 valence electrons. The molecule has 0 atom stereocenters. The van der Waals surface area contributed by atoms with Gasteiger partial charge in [-0.15, -0.1) is 11.3 Å². The van der Waals surface area contributed by atoms with Gasteiger partial charge in [-0.1, -0.05) is 18.2 Å². The van der Waals surface area contributed by atoms with Crippen LogP contribution in [0.25, 0.3) is 27.1 Å². The van der Waals surface area contributed by atoms with Gasteiger partial charge in [-0.05, 0) is 30.3 Å². The Hall–Kier alpha value is -3.62. The van der Waals surface area contributed by atoms with Gasteiger partial charge < -0.3 is 10.1 Å². The number of aromatic nitrogens is 3. The molecule has 1 N–H and O–H groups in total. The largest absolute Gasteiger partial charge is 0.380 e. The highest BCUT2D eigenvalue weighted by Gasteiger charge is 2.21. The van der Waals surface area contributed by atoms with Crippen LogP contribution in [-0.2, 0) is 11.3 Å². The fraction of sp³-hybridized carbons (Fsp3) is 0.0870. The van der Waals surface area contributed by atoms with Gasteiger partial charge in [0.1, 0.15) is 5.82 Å². The lowest BCUT2D eigenvalue weighted by Gasteiger charge is -2.07. The first-order valence-corrected chi connectivity index (χ1v) is 10.4. The third-order valence-electron chi connectivity index (χ3n) is 4.93. The van der Waals surface area contributed by atoms with Crippen molar-refractivity contribution < 1.29 is 13.9 Å². The summed E-state index contributed by atoms with van der Waals surface area (Å²) in [6.07, 6.45) is 5.49. The summed E-state index contributed by atoms with van der Waals surface area (Å²) in [5, 5.41) is 3.34. The summed E-state index contributed by atoms with van der Waals surface area (Å²) in [5.41, 5.74) is 2.90. The number of methoxy groups -OCH3 is 1. The Balaban J connectivity index is 1.42. The van der Waals surface area contributed by atoms with E-state index in [4.69, 9.17) is 4.74 Å². The second-order valence-electron chi connectivity index (χ2n) is 6.94. The number of fused-ring (bicyclic) bond motifs is 2. The van der Waals surface area contributed by atoms with Crippen LogP contribution in [0, 0.1) is 5.82 Å². The molecule has 0 aliphatic rings. The van der Waals surface area contributed by atoms with Crippen molar-refractivity contribution >= 4 is 38.8 Å². The summed E-state index contributed by atoms with van der Waals surface area (Å²) in [7, 11) is 1.53. The number of ether oxygens (including phenoxy) is 1. The van der Waals surface area contributed by atoms with Crippen LogP contribution in [0.2, 0.25) is 0 Å². The number of nitrogens with one attached hydrogen (secondary N) is 1. The maximum atomic E-state index is 14.4. The van der Waals surface area contributed by atoms with Crippen molar-refractivity contribution in [2.24, 2.45) is 0 Å². The first-order valence-electron chi connectivity index (χ1n) is 9.54. The van der Waals surface area contributed by atoms with Crippen molar-refractivity contribution in [1.29, 1.82) is 0 Å². The lowest BCUT2D eigenvalue weighted by Crippen LogP contribution is -2.12. The molecule has 0 aliphatic heterocycles. The smallest absolute Gasteiger partial charge is 0.266 e. The molecule has 0 saturated heterocycles. The van der Waals surface area contributed by atoms with E-state index in [1.54, 1.807) is 18.3 Å². The number of thiophene rings is 1. The van der Waals surface area contributed by atoms with Crippen LogP contribution in [0.1, 0.15) is 15.2 Å². The molecule has 8 heteroatoms. The summed E-state index contributed by atoms with van der Waals surface area (Å²) in [6, 6.07) is 14.1. The SMILES string of the molecule is COCc1c(C(=O)Nc2ccc(-c3cn4cccnc4n3)cc2)sc2cccc(F)c12. The normalized spacial score (nSPS) is 11.3. The Morgan fingerprint density at radius 3 is 2.81 bits per heavy atom. The van der Waals surface area contributed by atoms with Crippen LogP contribution in [-0.4, -0.2) is 27.4 Å². The molecule has 1 amide bonds. The average molecular weight is 432 g/mol. The zero-order valence-corrected chi connectivity index (χ0v) is 17.3. The van der Waals surface area contributed by atoms with Gasteiger partial charge in [0, 0.05) is 52.6 Å². The summed E-state index contributed by atoms with van der Waals surface area (Å²) in [4.78, 5) is 22.1. The molecule has 5 rings (SSSR count). The molecule has 0 saturated carbocycles. The molecule has 2 aromatic carbocycles. The monoisotopic (exact) mass is 432 g/mol. The van der Waals surface area contributed by atoms with Crippen LogP contribution < -0.4 is 5.32 Å². The first-order chi connectivity index (χ1) is 15.1. The number of rotatable bonds is 5. The van der Waals surface area contributed by atoms with E-state index in [0.717, 1.165) is 11.3 Å². The molecule has 0 unspecified atom stereocenters. The molecule has 0 fully saturated rings. The second-order valence-corrected chi connectivity index (χ2v) is 7.99. The number of imidazole rings is 1. The zero-order valence-electron chi connectivity index (χ0n) is 16.5. The summed E-state index contributed by atoms with van der Waals surface area (Å²) in [5.74, 6) is -0.0268. The molecule has 5 aromatic rings. The minimum absolute atomic E-state index is 0.157. The summed E-state index contributed by atoms with van der Waals surface area (Å²) >= 11 is 1.26. The molecular formula is C23H17FN4O2S. The van der Waals surface area contributed by atoms with Crippen molar-refractivity contribution in [3.63, 3.8) is 0 Å². The average Bonchev–Trinajstić information content (AvgIpc) is 3.37. The Kier molecular flexibility index (Phi) is 4.93. The number of anilines is 1.